The molecule has 1 aromatic heterocycles. The van der Waals surface area contributed by atoms with Gasteiger partial charge in [0.15, 0.2) is 11.0 Å². The molecule has 0 radical (unpaired) electrons. The molecule has 0 fully saturated rings. The molecular weight excluding hydrogens is 458 g/mol. The molecule has 0 aliphatic rings. The molecule has 8 heteroatoms. The second-order valence-corrected chi connectivity index (χ2v) is 9.13. The Balaban J connectivity index is 1.56. The van der Waals surface area contributed by atoms with E-state index < -0.39 is 0 Å². The molecule has 180 valence electrons. The van der Waals surface area contributed by atoms with Crippen molar-refractivity contribution < 1.29 is 9.53 Å². The van der Waals surface area contributed by atoms with Crippen molar-refractivity contribution in [1.82, 2.24) is 14.8 Å². The van der Waals surface area contributed by atoms with Gasteiger partial charge in [-0.3, -0.25) is 9.36 Å². The van der Waals surface area contributed by atoms with Gasteiger partial charge >= 0.3 is 0 Å². The van der Waals surface area contributed by atoms with Crippen LogP contribution in [0.15, 0.2) is 71.9 Å². The van der Waals surface area contributed by atoms with Gasteiger partial charge in [0.05, 0.1) is 25.1 Å². The molecule has 0 saturated carbocycles. The third-order valence-electron chi connectivity index (χ3n) is 5.79. The number of hydrogen-bond acceptors (Lipinski definition) is 6. The maximum Gasteiger partial charge on any atom is 0.234 e. The van der Waals surface area contributed by atoms with Crippen LogP contribution in [0, 0.1) is 20.8 Å². The van der Waals surface area contributed by atoms with Crippen molar-refractivity contribution in [3.05, 3.63) is 89.2 Å². The van der Waals surface area contributed by atoms with E-state index in [0.717, 1.165) is 28.3 Å². The van der Waals surface area contributed by atoms with Crippen LogP contribution in [0.1, 0.15) is 22.5 Å². The van der Waals surface area contributed by atoms with Crippen molar-refractivity contribution in [3.63, 3.8) is 0 Å². The van der Waals surface area contributed by atoms with Gasteiger partial charge in [-0.25, -0.2) is 0 Å². The van der Waals surface area contributed by atoms with Crippen LogP contribution in [0.4, 0.5) is 11.4 Å². The van der Waals surface area contributed by atoms with E-state index in [9.17, 15) is 4.79 Å². The van der Waals surface area contributed by atoms with Gasteiger partial charge in [0, 0.05) is 17.4 Å². The largest absolute Gasteiger partial charge is 0.497 e. The molecule has 3 aromatic carbocycles. The van der Waals surface area contributed by atoms with Crippen molar-refractivity contribution in [2.24, 2.45) is 0 Å². The molecule has 0 spiro atoms. The van der Waals surface area contributed by atoms with E-state index >= 15 is 0 Å². The molecular formula is C27H29N5O2S. The smallest absolute Gasteiger partial charge is 0.234 e. The summed E-state index contributed by atoms with van der Waals surface area (Å²) in [7, 11) is 1.60. The summed E-state index contributed by atoms with van der Waals surface area (Å²) in [6.45, 7) is 6.75. The average molecular weight is 488 g/mol. The number of anilines is 2. The van der Waals surface area contributed by atoms with Gasteiger partial charge in [-0.15, -0.1) is 10.2 Å². The molecule has 0 bridgehead atoms. The van der Waals surface area contributed by atoms with Crippen LogP contribution in [0.2, 0.25) is 0 Å². The Hall–Kier alpha value is -3.78. The number of para-hydroxylation sites is 1. The number of rotatable bonds is 9. The van der Waals surface area contributed by atoms with Crippen molar-refractivity contribution >= 4 is 29.0 Å². The molecule has 1 heterocycles. The quantitative estimate of drug-likeness (QED) is 0.302. The maximum absolute atomic E-state index is 12.7. The third-order valence-corrected chi connectivity index (χ3v) is 6.71. The zero-order chi connectivity index (χ0) is 24.8. The van der Waals surface area contributed by atoms with Crippen LogP contribution in [0.3, 0.4) is 0 Å². The molecule has 7 nitrogen and oxygen atoms in total. The summed E-state index contributed by atoms with van der Waals surface area (Å²) in [6, 6.07) is 21.6. The second-order valence-electron chi connectivity index (χ2n) is 8.19. The highest BCUT2D eigenvalue weighted by molar-refractivity contribution is 7.99. The Morgan fingerprint density at radius 2 is 1.74 bits per heavy atom. The highest BCUT2D eigenvalue weighted by Gasteiger charge is 2.18. The first-order chi connectivity index (χ1) is 17.0. The van der Waals surface area contributed by atoms with Crippen molar-refractivity contribution in [2.75, 3.05) is 23.5 Å². The number of methoxy groups -OCH3 is 1. The molecule has 4 aromatic rings. The minimum Gasteiger partial charge on any atom is -0.497 e. The average Bonchev–Trinajstić information content (AvgIpc) is 3.26. The fourth-order valence-corrected chi connectivity index (χ4v) is 4.47. The molecule has 4 rings (SSSR count). The van der Waals surface area contributed by atoms with Crippen LogP contribution in [-0.2, 0) is 11.3 Å². The lowest BCUT2D eigenvalue weighted by atomic mass is 10.1. The summed E-state index contributed by atoms with van der Waals surface area (Å²) in [5, 5.41) is 16.0. The summed E-state index contributed by atoms with van der Waals surface area (Å²) >= 11 is 1.36. The molecule has 35 heavy (non-hydrogen) atoms. The number of thioether (sulfide) groups is 1. The lowest BCUT2D eigenvalue weighted by Gasteiger charge is -2.15. The predicted molar refractivity (Wildman–Crippen MR) is 142 cm³/mol. The Bertz CT molecular complexity index is 1330. The van der Waals surface area contributed by atoms with E-state index in [2.05, 4.69) is 59.8 Å². The number of benzene rings is 3. The molecule has 0 saturated heterocycles. The first kappa shape index (κ1) is 24.3. The number of hydrogen-bond donors (Lipinski definition) is 2. The number of aromatic nitrogens is 3. The van der Waals surface area contributed by atoms with Gasteiger partial charge in [0.2, 0.25) is 5.91 Å². The minimum atomic E-state index is -0.127. The maximum atomic E-state index is 12.7. The Morgan fingerprint density at radius 3 is 2.54 bits per heavy atom. The van der Waals surface area contributed by atoms with E-state index in [1.54, 1.807) is 13.2 Å². The minimum absolute atomic E-state index is 0.127. The fraction of sp³-hybridized carbons (Fsp3) is 0.222. The van der Waals surface area contributed by atoms with Gasteiger partial charge in [-0.05, 0) is 61.7 Å². The Kier molecular flexibility index (Phi) is 7.72. The molecule has 0 aliphatic carbocycles. The first-order valence-corrected chi connectivity index (χ1v) is 12.3. The predicted octanol–water partition coefficient (Wildman–Crippen LogP) is 5.54. The van der Waals surface area contributed by atoms with Gasteiger partial charge in [-0.1, -0.05) is 48.2 Å². The SMILES string of the molecule is COc1cccc(NC(=O)CSc2nnc(CNc3ccccc3C)n2-c2cccc(C)c2C)c1. The summed E-state index contributed by atoms with van der Waals surface area (Å²) in [4.78, 5) is 12.7. The van der Waals surface area contributed by atoms with E-state index in [1.807, 2.05) is 47.0 Å². The summed E-state index contributed by atoms with van der Waals surface area (Å²) in [5.41, 5.74) is 6.23. The highest BCUT2D eigenvalue weighted by atomic mass is 32.2. The number of nitrogens with zero attached hydrogens (tertiary/aromatic N) is 3. The number of carbonyl (C=O) groups is 1. The Labute approximate surface area is 209 Å². The van der Waals surface area contributed by atoms with Crippen molar-refractivity contribution in [2.45, 2.75) is 32.5 Å². The monoisotopic (exact) mass is 487 g/mol. The van der Waals surface area contributed by atoms with E-state index in [1.165, 1.54) is 17.3 Å². The topological polar surface area (TPSA) is 81.1 Å². The van der Waals surface area contributed by atoms with Gasteiger partial charge < -0.3 is 15.4 Å². The van der Waals surface area contributed by atoms with Crippen LogP contribution in [-0.4, -0.2) is 33.5 Å². The lowest BCUT2D eigenvalue weighted by Crippen LogP contribution is -2.15. The van der Waals surface area contributed by atoms with Gasteiger partial charge in [0.25, 0.3) is 0 Å². The normalized spacial score (nSPS) is 10.7. The number of nitrogens with one attached hydrogen (secondary N) is 2. The summed E-state index contributed by atoms with van der Waals surface area (Å²) in [6.07, 6.45) is 0. The number of carbonyl (C=O) groups excluding carboxylic acids is 1. The lowest BCUT2D eigenvalue weighted by molar-refractivity contribution is -0.113. The van der Waals surface area contributed by atoms with Crippen molar-refractivity contribution in [3.8, 4) is 11.4 Å². The molecule has 0 aliphatic heterocycles. The van der Waals surface area contributed by atoms with E-state index in [4.69, 9.17) is 4.74 Å². The summed E-state index contributed by atoms with van der Waals surface area (Å²) < 4.78 is 7.27. The van der Waals surface area contributed by atoms with Crippen LogP contribution in [0.25, 0.3) is 5.69 Å². The molecule has 0 unspecified atom stereocenters. The standard InChI is InChI=1S/C27H29N5O2S/c1-18-10-7-14-24(20(18)3)32-25(16-28-23-13-6-5-9-19(23)2)30-31-27(32)35-17-26(33)29-21-11-8-12-22(15-21)34-4/h5-15,28H,16-17H2,1-4H3,(H,29,33). The van der Waals surface area contributed by atoms with E-state index in [-0.39, 0.29) is 11.7 Å². The third kappa shape index (κ3) is 5.84. The zero-order valence-electron chi connectivity index (χ0n) is 20.3. The van der Waals surface area contributed by atoms with Crippen molar-refractivity contribution in [1.29, 1.82) is 0 Å². The van der Waals surface area contributed by atoms with E-state index in [0.29, 0.717) is 23.1 Å². The molecule has 2 N–H and O–H groups in total. The molecule has 1 amide bonds. The highest BCUT2D eigenvalue weighted by Crippen LogP contribution is 2.27. The number of amides is 1. The van der Waals surface area contributed by atoms with Crippen LogP contribution >= 0.6 is 11.8 Å². The fourth-order valence-electron chi connectivity index (χ4n) is 3.70. The summed E-state index contributed by atoms with van der Waals surface area (Å²) in [5.74, 6) is 1.54. The first-order valence-electron chi connectivity index (χ1n) is 11.3. The molecule has 0 atom stereocenters. The zero-order valence-corrected chi connectivity index (χ0v) is 21.1. The second kappa shape index (κ2) is 11.1. The van der Waals surface area contributed by atoms with Gasteiger partial charge in [-0.2, -0.15) is 0 Å². The van der Waals surface area contributed by atoms with Crippen LogP contribution < -0.4 is 15.4 Å². The Morgan fingerprint density at radius 1 is 0.971 bits per heavy atom. The number of ether oxygens (including phenoxy) is 1. The number of aryl methyl sites for hydroxylation is 2. The van der Waals surface area contributed by atoms with Crippen LogP contribution in [0.5, 0.6) is 5.75 Å². The van der Waals surface area contributed by atoms with Gasteiger partial charge in [0.1, 0.15) is 5.75 Å².